The fourth-order valence-corrected chi connectivity index (χ4v) is 5.30. The predicted octanol–water partition coefficient (Wildman–Crippen LogP) is 4.56. The fourth-order valence-electron chi connectivity index (χ4n) is 5.01. The van der Waals surface area contributed by atoms with E-state index in [-0.39, 0.29) is 17.9 Å². The van der Waals surface area contributed by atoms with Gasteiger partial charge in [-0.05, 0) is 49.3 Å². The molecule has 144 valence electrons. The van der Waals surface area contributed by atoms with E-state index >= 15 is 0 Å². The van der Waals surface area contributed by atoms with Crippen LogP contribution < -0.4 is 0 Å². The molecule has 1 aliphatic carbocycles. The Morgan fingerprint density at radius 2 is 2.22 bits per heavy atom. The molecule has 5 nitrogen and oxygen atoms in total. The zero-order valence-electron chi connectivity index (χ0n) is 15.5. The Bertz CT molecular complexity index is 893. The number of carboxylic acid groups (broad SMARTS) is 1. The van der Waals surface area contributed by atoms with E-state index in [1.54, 1.807) is 0 Å². The maximum atomic E-state index is 13.0. The minimum absolute atomic E-state index is 0.0425. The molecule has 1 aromatic heterocycles. The average molecular weight is 389 g/mol. The topological polar surface area (TPSA) is 73.4 Å². The van der Waals surface area contributed by atoms with Gasteiger partial charge in [0.05, 0.1) is 10.4 Å². The maximum Gasteiger partial charge on any atom is 0.309 e. The molecule has 3 atom stereocenters. The Hall–Kier alpha value is -2.01. The number of likely N-dealkylation sites (tertiary alicyclic amines) is 1. The van der Waals surface area contributed by atoms with Crippen LogP contribution >= 0.6 is 11.6 Å². The molecule has 2 bridgehead atoms. The molecule has 1 amide bonds. The van der Waals surface area contributed by atoms with Gasteiger partial charge in [0, 0.05) is 36.1 Å². The number of H-pyrrole nitrogens is 1. The number of nitrogens with one attached hydrogen (secondary N) is 1. The summed E-state index contributed by atoms with van der Waals surface area (Å²) in [6.07, 6.45) is 6.06. The maximum absolute atomic E-state index is 13.0. The first-order valence-electron chi connectivity index (χ1n) is 9.70. The summed E-state index contributed by atoms with van der Waals surface area (Å²) >= 11 is 6.38. The van der Waals surface area contributed by atoms with Gasteiger partial charge >= 0.3 is 5.97 Å². The van der Waals surface area contributed by atoms with Crippen molar-refractivity contribution in [3.63, 3.8) is 0 Å². The lowest BCUT2D eigenvalue weighted by atomic mass is 9.67. The van der Waals surface area contributed by atoms with Crippen molar-refractivity contribution < 1.29 is 14.7 Å². The number of halogens is 1. The largest absolute Gasteiger partial charge is 0.481 e. The molecule has 2 aromatic rings. The van der Waals surface area contributed by atoms with Crippen molar-refractivity contribution in [1.82, 2.24) is 9.88 Å². The van der Waals surface area contributed by atoms with Gasteiger partial charge in [-0.1, -0.05) is 31.0 Å². The number of nitrogens with zero attached hydrogens (tertiary/aromatic N) is 1. The van der Waals surface area contributed by atoms with E-state index < -0.39 is 11.4 Å². The minimum atomic E-state index is -0.693. The molecule has 0 spiro atoms. The number of hydrogen-bond acceptors (Lipinski definition) is 2. The molecule has 3 unspecified atom stereocenters. The van der Waals surface area contributed by atoms with E-state index in [4.69, 9.17) is 11.6 Å². The van der Waals surface area contributed by atoms with Crippen molar-refractivity contribution >= 4 is 34.4 Å². The number of aromatic amines is 1. The SMILES string of the molecule is CC(CC(=O)N1CCC2(C(=O)O)CCCC1C2)c1c[nH]c2cccc(Cl)c12. The van der Waals surface area contributed by atoms with Crippen molar-refractivity contribution in [1.29, 1.82) is 0 Å². The second kappa shape index (κ2) is 6.86. The Morgan fingerprint density at radius 3 is 3.00 bits per heavy atom. The van der Waals surface area contributed by atoms with Crippen LogP contribution in [0.4, 0.5) is 0 Å². The van der Waals surface area contributed by atoms with Crippen LogP contribution in [-0.4, -0.2) is 39.5 Å². The molecule has 2 aliphatic rings. The van der Waals surface area contributed by atoms with Gasteiger partial charge in [-0.15, -0.1) is 0 Å². The molecule has 2 fully saturated rings. The Kier molecular flexibility index (Phi) is 4.66. The molecule has 4 rings (SSSR count). The number of aliphatic carboxylic acids is 1. The van der Waals surface area contributed by atoms with E-state index in [0.29, 0.717) is 30.8 Å². The summed E-state index contributed by atoms with van der Waals surface area (Å²) in [5.74, 6) is -0.531. The molecule has 1 aliphatic heterocycles. The molecule has 1 aromatic carbocycles. The van der Waals surface area contributed by atoms with E-state index in [2.05, 4.69) is 11.9 Å². The number of rotatable bonds is 4. The zero-order chi connectivity index (χ0) is 19.2. The predicted molar refractivity (Wildman–Crippen MR) is 105 cm³/mol. The smallest absolute Gasteiger partial charge is 0.309 e. The number of aromatic nitrogens is 1. The molecule has 6 heteroatoms. The fraction of sp³-hybridized carbons (Fsp3) is 0.524. The second-order valence-electron chi connectivity index (χ2n) is 8.18. The van der Waals surface area contributed by atoms with E-state index in [0.717, 1.165) is 35.7 Å². The number of carboxylic acids is 1. The summed E-state index contributed by atoms with van der Waals surface area (Å²) in [6.45, 7) is 2.60. The van der Waals surface area contributed by atoms with Gasteiger partial charge in [0.25, 0.3) is 0 Å². The lowest BCUT2D eigenvalue weighted by Crippen LogP contribution is -2.54. The van der Waals surface area contributed by atoms with Crippen LogP contribution in [0.25, 0.3) is 10.9 Å². The van der Waals surface area contributed by atoms with Crippen LogP contribution in [-0.2, 0) is 9.59 Å². The van der Waals surface area contributed by atoms with Crippen LogP contribution in [0, 0.1) is 5.41 Å². The van der Waals surface area contributed by atoms with Gasteiger partial charge < -0.3 is 15.0 Å². The second-order valence-corrected chi connectivity index (χ2v) is 8.59. The third kappa shape index (κ3) is 3.12. The van der Waals surface area contributed by atoms with Gasteiger partial charge in [-0.3, -0.25) is 9.59 Å². The number of piperidine rings is 1. The van der Waals surface area contributed by atoms with Crippen LogP contribution in [0.2, 0.25) is 5.02 Å². The summed E-state index contributed by atoms with van der Waals surface area (Å²) in [7, 11) is 0. The summed E-state index contributed by atoms with van der Waals surface area (Å²) in [5.41, 5.74) is 1.42. The van der Waals surface area contributed by atoms with Gasteiger partial charge in [0.15, 0.2) is 0 Å². The summed E-state index contributed by atoms with van der Waals surface area (Å²) < 4.78 is 0. The molecule has 0 radical (unpaired) electrons. The number of benzene rings is 1. The quantitative estimate of drug-likeness (QED) is 0.806. The van der Waals surface area contributed by atoms with Gasteiger partial charge in [0.1, 0.15) is 0 Å². The summed E-state index contributed by atoms with van der Waals surface area (Å²) in [5, 5.41) is 11.3. The van der Waals surface area contributed by atoms with E-state index in [9.17, 15) is 14.7 Å². The van der Waals surface area contributed by atoms with Crippen molar-refractivity contribution in [2.45, 2.75) is 57.4 Å². The van der Waals surface area contributed by atoms with Crippen LogP contribution in [0.3, 0.4) is 0 Å². The third-order valence-corrected chi connectivity index (χ3v) is 6.88. The number of fused-ring (bicyclic) bond motifs is 3. The standard InChI is InChI=1S/C21H25ClN2O3/c1-13(15-12-23-17-6-2-5-16(22)19(15)17)10-18(25)24-9-8-21(20(26)27)7-3-4-14(24)11-21/h2,5-6,12-14,23H,3-4,7-11H2,1H3,(H,26,27). The molecule has 1 saturated heterocycles. The third-order valence-electron chi connectivity index (χ3n) is 6.56. The van der Waals surface area contributed by atoms with E-state index in [1.165, 1.54) is 0 Å². The van der Waals surface area contributed by atoms with Crippen molar-refractivity contribution in [2.75, 3.05) is 6.54 Å². The highest BCUT2D eigenvalue weighted by atomic mass is 35.5. The molecule has 27 heavy (non-hydrogen) atoms. The van der Waals surface area contributed by atoms with Crippen LogP contribution in [0.5, 0.6) is 0 Å². The summed E-state index contributed by atoms with van der Waals surface area (Å²) in [6, 6.07) is 5.83. The first-order chi connectivity index (χ1) is 12.9. The van der Waals surface area contributed by atoms with Crippen LogP contribution in [0.1, 0.15) is 56.9 Å². The highest BCUT2D eigenvalue weighted by Gasteiger charge is 2.48. The molecule has 2 N–H and O–H groups in total. The summed E-state index contributed by atoms with van der Waals surface area (Å²) in [4.78, 5) is 29.9. The number of hydrogen-bond donors (Lipinski definition) is 2. The minimum Gasteiger partial charge on any atom is -0.481 e. The Labute approximate surface area is 163 Å². The molecular formula is C21H25ClN2O3. The lowest BCUT2D eigenvalue weighted by molar-refractivity contribution is -0.160. The Morgan fingerprint density at radius 1 is 1.41 bits per heavy atom. The van der Waals surface area contributed by atoms with Crippen molar-refractivity contribution in [3.05, 3.63) is 35.0 Å². The van der Waals surface area contributed by atoms with Gasteiger partial charge in [0.2, 0.25) is 5.91 Å². The number of carbonyl (C=O) groups excluding carboxylic acids is 1. The zero-order valence-corrected chi connectivity index (χ0v) is 16.3. The molecule has 1 saturated carbocycles. The average Bonchev–Trinajstić information content (AvgIpc) is 3.07. The normalized spacial score (nSPS) is 26.1. The van der Waals surface area contributed by atoms with Crippen molar-refractivity contribution in [2.24, 2.45) is 5.41 Å². The van der Waals surface area contributed by atoms with Crippen LogP contribution in [0.15, 0.2) is 24.4 Å². The number of amides is 1. The Balaban J connectivity index is 1.50. The number of carbonyl (C=O) groups is 2. The van der Waals surface area contributed by atoms with E-state index in [1.807, 2.05) is 29.3 Å². The van der Waals surface area contributed by atoms with Gasteiger partial charge in [-0.25, -0.2) is 0 Å². The first-order valence-corrected chi connectivity index (χ1v) is 10.1. The van der Waals surface area contributed by atoms with Crippen molar-refractivity contribution in [3.8, 4) is 0 Å². The lowest BCUT2D eigenvalue weighted by Gasteiger charge is -2.48. The monoisotopic (exact) mass is 388 g/mol. The molecule has 2 heterocycles. The highest BCUT2D eigenvalue weighted by Crippen LogP contribution is 2.45. The molecular weight excluding hydrogens is 364 g/mol. The first kappa shape index (κ1) is 18.4. The highest BCUT2D eigenvalue weighted by molar-refractivity contribution is 6.35. The van der Waals surface area contributed by atoms with Gasteiger partial charge in [-0.2, -0.15) is 0 Å².